The summed E-state index contributed by atoms with van der Waals surface area (Å²) in [5.41, 5.74) is 0.921. The number of ether oxygens (including phenoxy) is 1. The monoisotopic (exact) mass is 340 g/mol. The van der Waals surface area contributed by atoms with Gasteiger partial charge in [0.25, 0.3) is 0 Å². The van der Waals surface area contributed by atoms with Crippen molar-refractivity contribution in [2.45, 2.75) is 6.42 Å². The molecule has 0 unspecified atom stereocenters. The Labute approximate surface area is 126 Å². The van der Waals surface area contributed by atoms with Crippen LogP contribution in [0.1, 0.15) is 5.56 Å². The van der Waals surface area contributed by atoms with Gasteiger partial charge in [0.2, 0.25) is 11.8 Å². The third kappa shape index (κ3) is 4.61. The third-order valence-electron chi connectivity index (χ3n) is 3.08. The Morgan fingerprint density at radius 1 is 1.20 bits per heavy atom. The summed E-state index contributed by atoms with van der Waals surface area (Å²) in [7, 11) is 0. The first-order valence-electron chi connectivity index (χ1n) is 6.52. The SMILES string of the molecule is O=C(Cc1ccc(Br)cc1)NCC(=O)N1CCOCC1. The molecular formula is C14H17BrN2O3. The van der Waals surface area contributed by atoms with Gasteiger partial charge >= 0.3 is 0 Å². The van der Waals surface area contributed by atoms with Crippen LogP contribution >= 0.6 is 15.9 Å². The second-order valence-corrected chi connectivity index (χ2v) is 5.49. The fourth-order valence-electron chi connectivity index (χ4n) is 1.95. The summed E-state index contributed by atoms with van der Waals surface area (Å²) >= 11 is 3.34. The minimum atomic E-state index is -0.145. The molecule has 0 spiro atoms. The molecule has 0 bridgehead atoms. The van der Waals surface area contributed by atoms with Gasteiger partial charge in [-0.3, -0.25) is 9.59 Å². The van der Waals surface area contributed by atoms with E-state index in [-0.39, 0.29) is 24.8 Å². The van der Waals surface area contributed by atoms with Gasteiger partial charge in [0.1, 0.15) is 0 Å². The maximum absolute atomic E-state index is 11.8. The molecule has 1 N–H and O–H groups in total. The van der Waals surface area contributed by atoms with Crippen molar-refractivity contribution < 1.29 is 14.3 Å². The highest BCUT2D eigenvalue weighted by atomic mass is 79.9. The molecule has 0 radical (unpaired) electrons. The summed E-state index contributed by atoms with van der Waals surface area (Å²) in [6.45, 7) is 2.38. The van der Waals surface area contributed by atoms with Gasteiger partial charge in [0, 0.05) is 17.6 Å². The van der Waals surface area contributed by atoms with Gasteiger partial charge in [-0.25, -0.2) is 0 Å². The Bertz CT molecular complexity index is 470. The second kappa shape index (κ2) is 7.40. The lowest BCUT2D eigenvalue weighted by atomic mass is 10.1. The summed E-state index contributed by atoms with van der Waals surface area (Å²) in [6, 6.07) is 7.55. The number of hydrogen-bond donors (Lipinski definition) is 1. The van der Waals surface area contributed by atoms with Gasteiger partial charge in [0.05, 0.1) is 26.2 Å². The van der Waals surface area contributed by atoms with Crippen LogP contribution in [0.4, 0.5) is 0 Å². The predicted octanol–water partition coefficient (Wildman–Crippen LogP) is 0.967. The topological polar surface area (TPSA) is 58.6 Å². The Morgan fingerprint density at radius 3 is 2.50 bits per heavy atom. The molecule has 1 heterocycles. The highest BCUT2D eigenvalue weighted by Crippen LogP contribution is 2.10. The number of morpholine rings is 1. The van der Waals surface area contributed by atoms with E-state index in [1.165, 1.54) is 0 Å². The van der Waals surface area contributed by atoms with Crippen molar-refractivity contribution in [1.29, 1.82) is 0 Å². The molecule has 2 rings (SSSR count). The van der Waals surface area contributed by atoms with Crippen LogP contribution in [-0.2, 0) is 20.7 Å². The van der Waals surface area contributed by atoms with E-state index in [1.54, 1.807) is 4.90 Å². The van der Waals surface area contributed by atoms with E-state index in [9.17, 15) is 9.59 Å². The molecule has 2 amide bonds. The molecule has 1 fully saturated rings. The van der Waals surface area contributed by atoms with Gasteiger partial charge in [-0.2, -0.15) is 0 Å². The van der Waals surface area contributed by atoms with Crippen molar-refractivity contribution in [3.63, 3.8) is 0 Å². The Balaban J connectivity index is 1.74. The number of benzene rings is 1. The summed E-state index contributed by atoms with van der Waals surface area (Å²) in [6.07, 6.45) is 0.281. The largest absolute Gasteiger partial charge is 0.378 e. The number of carbonyl (C=O) groups excluding carboxylic acids is 2. The molecule has 108 valence electrons. The molecule has 1 aromatic carbocycles. The van der Waals surface area contributed by atoms with E-state index >= 15 is 0 Å². The quantitative estimate of drug-likeness (QED) is 0.888. The molecule has 0 aliphatic carbocycles. The minimum Gasteiger partial charge on any atom is -0.378 e. The zero-order valence-corrected chi connectivity index (χ0v) is 12.7. The number of rotatable bonds is 4. The molecule has 5 nitrogen and oxygen atoms in total. The van der Waals surface area contributed by atoms with Gasteiger partial charge in [0.15, 0.2) is 0 Å². The zero-order valence-electron chi connectivity index (χ0n) is 11.1. The number of amides is 2. The van der Waals surface area contributed by atoms with E-state index in [0.29, 0.717) is 26.3 Å². The highest BCUT2D eigenvalue weighted by molar-refractivity contribution is 9.10. The first-order valence-corrected chi connectivity index (χ1v) is 7.31. The van der Waals surface area contributed by atoms with Gasteiger partial charge in [-0.1, -0.05) is 28.1 Å². The first-order chi connectivity index (χ1) is 9.65. The number of nitrogens with one attached hydrogen (secondary N) is 1. The van der Waals surface area contributed by atoms with Crippen LogP contribution in [0.5, 0.6) is 0 Å². The van der Waals surface area contributed by atoms with E-state index in [4.69, 9.17) is 4.74 Å². The van der Waals surface area contributed by atoms with Crippen molar-refractivity contribution in [3.8, 4) is 0 Å². The van der Waals surface area contributed by atoms with Crippen LogP contribution in [0.2, 0.25) is 0 Å². The second-order valence-electron chi connectivity index (χ2n) is 4.57. The normalized spacial score (nSPS) is 14.9. The minimum absolute atomic E-state index is 0.0510. The number of hydrogen-bond acceptors (Lipinski definition) is 3. The Kier molecular flexibility index (Phi) is 5.55. The van der Waals surface area contributed by atoms with Gasteiger partial charge in [-0.15, -0.1) is 0 Å². The van der Waals surface area contributed by atoms with Crippen molar-refractivity contribution in [1.82, 2.24) is 10.2 Å². The van der Waals surface area contributed by atoms with Crippen LogP contribution in [0.15, 0.2) is 28.7 Å². The molecule has 1 aromatic rings. The standard InChI is InChI=1S/C14H17BrN2O3/c15-12-3-1-11(2-4-12)9-13(18)16-10-14(19)17-5-7-20-8-6-17/h1-4H,5-10H2,(H,16,18). The molecule has 0 saturated carbocycles. The average Bonchev–Trinajstić information content (AvgIpc) is 2.48. The van der Waals surface area contributed by atoms with Gasteiger partial charge < -0.3 is 15.0 Å². The van der Waals surface area contributed by atoms with E-state index in [2.05, 4.69) is 21.2 Å². The van der Waals surface area contributed by atoms with Crippen molar-refractivity contribution >= 4 is 27.7 Å². The van der Waals surface area contributed by atoms with Crippen molar-refractivity contribution in [2.24, 2.45) is 0 Å². The van der Waals surface area contributed by atoms with E-state index in [1.807, 2.05) is 24.3 Å². The Morgan fingerprint density at radius 2 is 1.85 bits per heavy atom. The summed E-state index contributed by atoms with van der Waals surface area (Å²) in [5, 5.41) is 2.66. The van der Waals surface area contributed by atoms with E-state index in [0.717, 1.165) is 10.0 Å². The fourth-order valence-corrected chi connectivity index (χ4v) is 2.21. The first kappa shape index (κ1) is 15.0. The molecular weight excluding hydrogens is 324 g/mol. The lowest BCUT2D eigenvalue weighted by Crippen LogP contribution is -2.45. The highest BCUT2D eigenvalue weighted by Gasteiger charge is 2.17. The molecule has 1 aliphatic rings. The molecule has 0 atom stereocenters. The summed E-state index contributed by atoms with van der Waals surface area (Å²) in [4.78, 5) is 25.3. The number of carbonyl (C=O) groups is 2. The van der Waals surface area contributed by atoms with Crippen LogP contribution in [0, 0.1) is 0 Å². The molecule has 6 heteroatoms. The fraction of sp³-hybridized carbons (Fsp3) is 0.429. The third-order valence-corrected chi connectivity index (χ3v) is 3.61. The number of halogens is 1. The summed E-state index contributed by atoms with van der Waals surface area (Å²) < 4.78 is 6.16. The lowest BCUT2D eigenvalue weighted by molar-refractivity contribution is -0.136. The zero-order chi connectivity index (χ0) is 14.4. The number of nitrogens with zero attached hydrogens (tertiary/aromatic N) is 1. The molecule has 1 aliphatic heterocycles. The van der Waals surface area contributed by atoms with Crippen LogP contribution < -0.4 is 5.32 Å². The smallest absolute Gasteiger partial charge is 0.242 e. The molecule has 1 saturated heterocycles. The van der Waals surface area contributed by atoms with Crippen molar-refractivity contribution in [3.05, 3.63) is 34.3 Å². The summed E-state index contributed by atoms with van der Waals surface area (Å²) in [5.74, 6) is -0.202. The predicted molar refractivity (Wildman–Crippen MR) is 78.3 cm³/mol. The van der Waals surface area contributed by atoms with E-state index < -0.39 is 0 Å². The molecule has 20 heavy (non-hydrogen) atoms. The van der Waals surface area contributed by atoms with Gasteiger partial charge in [-0.05, 0) is 17.7 Å². The maximum atomic E-state index is 11.8. The molecule has 0 aromatic heterocycles. The maximum Gasteiger partial charge on any atom is 0.242 e. The Hall–Kier alpha value is -1.40. The van der Waals surface area contributed by atoms with Crippen LogP contribution in [-0.4, -0.2) is 49.6 Å². The lowest BCUT2D eigenvalue weighted by Gasteiger charge is -2.26. The van der Waals surface area contributed by atoms with Crippen molar-refractivity contribution in [2.75, 3.05) is 32.8 Å². The van der Waals surface area contributed by atoms with Crippen LogP contribution in [0.3, 0.4) is 0 Å². The van der Waals surface area contributed by atoms with Crippen LogP contribution in [0.25, 0.3) is 0 Å². The average molecular weight is 341 g/mol.